The van der Waals surface area contributed by atoms with Crippen LogP contribution >= 0.6 is 15.9 Å². The summed E-state index contributed by atoms with van der Waals surface area (Å²) in [7, 11) is 0. The highest BCUT2D eigenvalue weighted by atomic mass is 79.9. The molecule has 0 aliphatic heterocycles. The Bertz CT molecular complexity index is 308. The number of aliphatic hydroxyl groups is 1. The maximum atomic E-state index is 9.00. The van der Waals surface area contributed by atoms with E-state index in [0.29, 0.717) is 5.92 Å². The molecule has 0 amide bonds. The fourth-order valence-corrected chi connectivity index (χ4v) is 2.53. The quantitative estimate of drug-likeness (QED) is 0.773. The molecule has 0 aromatic carbocycles. The van der Waals surface area contributed by atoms with Crippen LogP contribution in [-0.2, 0) is 0 Å². The largest absolute Gasteiger partial charge is 0.466 e. The summed E-state index contributed by atoms with van der Waals surface area (Å²) in [4.78, 5) is 0. The fourth-order valence-electron chi connectivity index (χ4n) is 1.99. The Morgan fingerprint density at radius 1 is 1.47 bits per heavy atom. The second kappa shape index (κ2) is 7.90. The molecule has 0 spiro atoms. The number of nitrogens with one attached hydrogen (secondary N) is 1. The summed E-state index contributed by atoms with van der Waals surface area (Å²) in [5, 5.41) is 12.5. The number of furan rings is 1. The van der Waals surface area contributed by atoms with Crippen LogP contribution in [0.4, 0.5) is 0 Å². The van der Waals surface area contributed by atoms with Gasteiger partial charge >= 0.3 is 0 Å². The lowest BCUT2D eigenvalue weighted by Crippen LogP contribution is -2.26. The predicted molar refractivity (Wildman–Crippen MR) is 72.9 cm³/mol. The van der Waals surface area contributed by atoms with Crippen molar-refractivity contribution in [1.82, 2.24) is 5.32 Å². The van der Waals surface area contributed by atoms with E-state index in [9.17, 15) is 0 Å². The van der Waals surface area contributed by atoms with Gasteiger partial charge in [0.25, 0.3) is 0 Å². The van der Waals surface area contributed by atoms with Crippen molar-refractivity contribution in [3.8, 4) is 0 Å². The summed E-state index contributed by atoms with van der Waals surface area (Å²) in [5.74, 6) is 1.48. The SMILES string of the molecule is CCCC(CCO)CNC(C)c1occc1Br. The lowest BCUT2D eigenvalue weighted by Gasteiger charge is -2.19. The van der Waals surface area contributed by atoms with E-state index in [1.807, 2.05) is 6.07 Å². The lowest BCUT2D eigenvalue weighted by molar-refractivity contribution is 0.244. The zero-order valence-electron chi connectivity index (χ0n) is 10.6. The Kier molecular flexibility index (Phi) is 6.85. The van der Waals surface area contributed by atoms with Gasteiger partial charge in [0, 0.05) is 6.61 Å². The molecule has 98 valence electrons. The molecule has 17 heavy (non-hydrogen) atoms. The molecule has 0 radical (unpaired) electrons. The summed E-state index contributed by atoms with van der Waals surface area (Å²) in [6, 6.07) is 2.10. The molecule has 1 aromatic rings. The molecular weight excluding hydrogens is 282 g/mol. The zero-order chi connectivity index (χ0) is 12.7. The van der Waals surface area contributed by atoms with E-state index in [2.05, 4.69) is 35.1 Å². The molecule has 3 nitrogen and oxygen atoms in total. The van der Waals surface area contributed by atoms with Gasteiger partial charge in [0.05, 0.1) is 16.8 Å². The van der Waals surface area contributed by atoms with E-state index in [0.717, 1.165) is 36.0 Å². The minimum atomic E-state index is 0.192. The molecule has 4 heteroatoms. The molecule has 0 aliphatic rings. The van der Waals surface area contributed by atoms with Crippen LogP contribution in [-0.4, -0.2) is 18.3 Å². The summed E-state index contributed by atoms with van der Waals surface area (Å²) in [6.45, 7) is 5.45. The molecule has 0 saturated carbocycles. The lowest BCUT2D eigenvalue weighted by atomic mass is 10.00. The van der Waals surface area contributed by atoms with Crippen LogP contribution in [0.25, 0.3) is 0 Å². The summed E-state index contributed by atoms with van der Waals surface area (Å²) in [6.07, 6.45) is 4.87. The smallest absolute Gasteiger partial charge is 0.134 e. The monoisotopic (exact) mass is 303 g/mol. The second-order valence-corrected chi connectivity index (χ2v) is 5.28. The van der Waals surface area contributed by atoms with Gasteiger partial charge in [0.1, 0.15) is 5.76 Å². The van der Waals surface area contributed by atoms with Gasteiger partial charge in [-0.3, -0.25) is 0 Å². The predicted octanol–water partition coefficient (Wildman–Crippen LogP) is 3.49. The molecule has 2 unspecified atom stereocenters. The van der Waals surface area contributed by atoms with Crippen molar-refractivity contribution in [1.29, 1.82) is 0 Å². The molecule has 0 fully saturated rings. The van der Waals surface area contributed by atoms with Crippen LogP contribution in [0.1, 0.15) is 44.9 Å². The third kappa shape index (κ3) is 4.82. The molecule has 0 bridgehead atoms. The van der Waals surface area contributed by atoms with E-state index >= 15 is 0 Å². The van der Waals surface area contributed by atoms with Crippen molar-refractivity contribution in [3.05, 3.63) is 22.6 Å². The van der Waals surface area contributed by atoms with Crippen LogP contribution in [0, 0.1) is 5.92 Å². The number of hydrogen-bond acceptors (Lipinski definition) is 3. The normalized spacial score (nSPS) is 14.8. The van der Waals surface area contributed by atoms with Crippen LogP contribution in [0.5, 0.6) is 0 Å². The molecule has 0 aliphatic carbocycles. The highest BCUT2D eigenvalue weighted by Gasteiger charge is 2.14. The Hall–Kier alpha value is -0.320. The van der Waals surface area contributed by atoms with Gasteiger partial charge in [-0.15, -0.1) is 0 Å². The average molecular weight is 304 g/mol. The fraction of sp³-hybridized carbons (Fsp3) is 0.692. The molecule has 1 heterocycles. The third-order valence-corrected chi connectivity index (χ3v) is 3.64. The van der Waals surface area contributed by atoms with Crippen molar-refractivity contribution >= 4 is 15.9 Å². The Morgan fingerprint density at radius 3 is 2.76 bits per heavy atom. The van der Waals surface area contributed by atoms with E-state index < -0.39 is 0 Å². The molecule has 2 N–H and O–H groups in total. The molecule has 1 aromatic heterocycles. The van der Waals surface area contributed by atoms with Gasteiger partial charge in [-0.1, -0.05) is 13.3 Å². The molecule has 0 saturated heterocycles. The van der Waals surface area contributed by atoms with Gasteiger partial charge in [0.2, 0.25) is 0 Å². The maximum absolute atomic E-state index is 9.00. The Morgan fingerprint density at radius 2 is 2.24 bits per heavy atom. The van der Waals surface area contributed by atoms with E-state index in [1.54, 1.807) is 6.26 Å². The van der Waals surface area contributed by atoms with Crippen LogP contribution in [0.3, 0.4) is 0 Å². The average Bonchev–Trinajstić information content (AvgIpc) is 2.72. The van der Waals surface area contributed by atoms with Crippen molar-refractivity contribution < 1.29 is 9.52 Å². The minimum Gasteiger partial charge on any atom is -0.466 e. The third-order valence-electron chi connectivity index (χ3n) is 2.99. The first-order valence-corrected chi connectivity index (χ1v) is 7.05. The van der Waals surface area contributed by atoms with Gasteiger partial charge in [0.15, 0.2) is 0 Å². The second-order valence-electron chi connectivity index (χ2n) is 4.43. The van der Waals surface area contributed by atoms with E-state index in [4.69, 9.17) is 9.52 Å². The van der Waals surface area contributed by atoms with Crippen molar-refractivity contribution in [2.75, 3.05) is 13.2 Å². The Balaban J connectivity index is 2.40. The number of aliphatic hydroxyl groups excluding tert-OH is 1. The van der Waals surface area contributed by atoms with E-state index in [1.165, 1.54) is 0 Å². The van der Waals surface area contributed by atoms with E-state index in [-0.39, 0.29) is 12.6 Å². The summed E-state index contributed by atoms with van der Waals surface area (Å²) < 4.78 is 6.43. The first-order chi connectivity index (χ1) is 8.19. The molecule has 1 rings (SSSR count). The molecular formula is C13H22BrNO2. The van der Waals surface area contributed by atoms with Gasteiger partial charge < -0.3 is 14.8 Å². The van der Waals surface area contributed by atoms with Gasteiger partial charge in [-0.2, -0.15) is 0 Å². The zero-order valence-corrected chi connectivity index (χ0v) is 12.2. The maximum Gasteiger partial charge on any atom is 0.134 e. The van der Waals surface area contributed by atoms with Gasteiger partial charge in [-0.25, -0.2) is 0 Å². The van der Waals surface area contributed by atoms with Crippen molar-refractivity contribution in [2.24, 2.45) is 5.92 Å². The van der Waals surface area contributed by atoms with Gasteiger partial charge in [-0.05, 0) is 54.2 Å². The first kappa shape index (κ1) is 14.7. The number of halogens is 1. The van der Waals surface area contributed by atoms with Crippen molar-refractivity contribution in [3.63, 3.8) is 0 Å². The highest BCUT2D eigenvalue weighted by molar-refractivity contribution is 9.10. The first-order valence-electron chi connectivity index (χ1n) is 6.26. The minimum absolute atomic E-state index is 0.192. The summed E-state index contributed by atoms with van der Waals surface area (Å²) in [5.41, 5.74) is 0. The topological polar surface area (TPSA) is 45.4 Å². The summed E-state index contributed by atoms with van der Waals surface area (Å²) >= 11 is 3.46. The van der Waals surface area contributed by atoms with Crippen molar-refractivity contribution in [2.45, 2.75) is 39.2 Å². The van der Waals surface area contributed by atoms with Crippen LogP contribution in [0.15, 0.2) is 21.2 Å². The Labute approximate surface area is 112 Å². The number of hydrogen-bond donors (Lipinski definition) is 2. The van der Waals surface area contributed by atoms with Crippen LogP contribution < -0.4 is 5.32 Å². The number of rotatable bonds is 8. The highest BCUT2D eigenvalue weighted by Crippen LogP contribution is 2.24. The standard InChI is InChI=1S/C13H22BrNO2/c1-3-4-11(5-7-16)9-15-10(2)13-12(14)6-8-17-13/h6,8,10-11,15-16H,3-5,7,9H2,1-2H3. The van der Waals surface area contributed by atoms with Crippen LogP contribution in [0.2, 0.25) is 0 Å². The molecule has 2 atom stereocenters.